The van der Waals surface area contributed by atoms with Gasteiger partial charge in [0.25, 0.3) is 0 Å². The van der Waals surface area contributed by atoms with E-state index in [1.807, 2.05) is 13.8 Å². The van der Waals surface area contributed by atoms with Crippen molar-refractivity contribution in [2.45, 2.75) is 43.1 Å². The van der Waals surface area contributed by atoms with Gasteiger partial charge < -0.3 is 14.6 Å². The summed E-state index contributed by atoms with van der Waals surface area (Å²) >= 11 is 7.41. The molecule has 1 aromatic heterocycles. The lowest BCUT2D eigenvalue weighted by Crippen LogP contribution is -2.23. The van der Waals surface area contributed by atoms with E-state index in [2.05, 4.69) is 20.1 Å². The molecule has 128 valence electrons. The molecular formula is C16H19ClN4O2S. The number of carbonyl (C=O) groups is 1. The van der Waals surface area contributed by atoms with Crippen LogP contribution >= 0.6 is 23.4 Å². The molecule has 0 unspecified atom stereocenters. The number of nitrogens with one attached hydrogen (secondary N) is 1. The van der Waals surface area contributed by atoms with E-state index in [9.17, 15) is 4.79 Å². The van der Waals surface area contributed by atoms with Gasteiger partial charge >= 0.3 is 0 Å². The molecule has 0 saturated heterocycles. The number of thioether (sulfide) groups is 1. The maximum atomic E-state index is 12.5. The first-order valence-corrected chi connectivity index (χ1v) is 8.98. The Morgan fingerprint density at radius 3 is 2.88 bits per heavy atom. The summed E-state index contributed by atoms with van der Waals surface area (Å²) in [6.07, 6.45) is 2.29. The van der Waals surface area contributed by atoms with Gasteiger partial charge in [0.15, 0.2) is 5.16 Å². The molecular weight excluding hydrogens is 348 g/mol. The van der Waals surface area contributed by atoms with Crippen LogP contribution in [0.15, 0.2) is 23.4 Å². The zero-order valence-corrected chi connectivity index (χ0v) is 15.3. The van der Waals surface area contributed by atoms with Crippen LogP contribution in [-0.2, 0) is 4.79 Å². The molecule has 1 aliphatic rings. The number of methoxy groups -OCH3 is 1. The van der Waals surface area contributed by atoms with E-state index in [1.165, 1.54) is 11.8 Å². The summed E-state index contributed by atoms with van der Waals surface area (Å²) in [4.78, 5) is 12.5. The van der Waals surface area contributed by atoms with E-state index in [-0.39, 0.29) is 11.2 Å². The summed E-state index contributed by atoms with van der Waals surface area (Å²) in [6, 6.07) is 5.59. The van der Waals surface area contributed by atoms with Gasteiger partial charge in [-0.25, -0.2) is 0 Å². The van der Waals surface area contributed by atoms with Crippen molar-refractivity contribution >= 4 is 35.0 Å². The summed E-state index contributed by atoms with van der Waals surface area (Å²) in [7, 11) is 1.55. The Bertz CT molecular complexity index is 761. The predicted molar refractivity (Wildman–Crippen MR) is 95.0 cm³/mol. The smallest absolute Gasteiger partial charge is 0.237 e. The Morgan fingerprint density at radius 1 is 1.46 bits per heavy atom. The third-order valence-corrected chi connectivity index (χ3v) is 5.11. The molecule has 1 aliphatic carbocycles. The van der Waals surface area contributed by atoms with Crippen molar-refractivity contribution in [3.05, 3.63) is 29.0 Å². The molecule has 1 atom stereocenters. The number of aromatic nitrogens is 3. The number of hydrogen-bond acceptors (Lipinski definition) is 5. The van der Waals surface area contributed by atoms with Crippen molar-refractivity contribution in [3.8, 4) is 5.75 Å². The van der Waals surface area contributed by atoms with Gasteiger partial charge in [-0.05, 0) is 44.9 Å². The second kappa shape index (κ2) is 7.03. The van der Waals surface area contributed by atoms with Crippen LogP contribution in [0, 0.1) is 6.92 Å². The molecule has 3 rings (SSSR count). The highest BCUT2D eigenvalue weighted by Crippen LogP contribution is 2.39. The molecule has 1 N–H and O–H groups in total. The Balaban J connectivity index is 1.70. The molecule has 2 aromatic rings. The fraction of sp³-hybridized carbons (Fsp3) is 0.438. The number of benzene rings is 1. The molecule has 1 fully saturated rings. The minimum Gasteiger partial charge on any atom is -0.495 e. The molecule has 0 bridgehead atoms. The largest absolute Gasteiger partial charge is 0.495 e. The van der Waals surface area contributed by atoms with Crippen molar-refractivity contribution in [2.75, 3.05) is 12.4 Å². The molecule has 1 aromatic carbocycles. The Labute approximate surface area is 149 Å². The zero-order valence-electron chi connectivity index (χ0n) is 13.7. The van der Waals surface area contributed by atoms with Crippen LogP contribution < -0.4 is 10.1 Å². The number of hydrogen-bond donors (Lipinski definition) is 1. The quantitative estimate of drug-likeness (QED) is 0.789. The molecule has 0 radical (unpaired) electrons. The number of rotatable bonds is 6. The molecule has 0 spiro atoms. The van der Waals surface area contributed by atoms with Gasteiger partial charge in [0.1, 0.15) is 11.6 Å². The first kappa shape index (κ1) is 17.1. The van der Waals surface area contributed by atoms with Gasteiger partial charge in [-0.15, -0.1) is 10.2 Å². The first-order valence-electron chi connectivity index (χ1n) is 7.72. The molecule has 1 saturated carbocycles. The van der Waals surface area contributed by atoms with Crippen molar-refractivity contribution in [3.63, 3.8) is 0 Å². The number of nitrogens with zero attached hydrogens (tertiary/aromatic N) is 3. The van der Waals surface area contributed by atoms with E-state index in [4.69, 9.17) is 16.3 Å². The Morgan fingerprint density at radius 2 is 2.21 bits per heavy atom. The minimum absolute atomic E-state index is 0.136. The predicted octanol–water partition coefficient (Wildman–Crippen LogP) is 3.70. The minimum atomic E-state index is -0.324. The maximum Gasteiger partial charge on any atom is 0.237 e. The molecule has 1 amide bonds. The van der Waals surface area contributed by atoms with Crippen LogP contribution in [0.5, 0.6) is 5.75 Å². The monoisotopic (exact) mass is 366 g/mol. The second-order valence-electron chi connectivity index (χ2n) is 5.72. The van der Waals surface area contributed by atoms with E-state index in [0.29, 0.717) is 22.5 Å². The second-order valence-corrected chi connectivity index (χ2v) is 7.47. The lowest BCUT2D eigenvalue weighted by atomic mass is 10.3. The third-order valence-electron chi connectivity index (χ3n) is 3.82. The highest BCUT2D eigenvalue weighted by atomic mass is 35.5. The van der Waals surface area contributed by atoms with Crippen LogP contribution in [0.4, 0.5) is 5.69 Å². The fourth-order valence-electron chi connectivity index (χ4n) is 2.41. The highest BCUT2D eigenvalue weighted by molar-refractivity contribution is 8.00. The standard InChI is InChI=1S/C16H19ClN4O2S/c1-9(24-16-20-19-10(2)21(16)12-5-6-12)15(22)18-13-8-11(17)4-7-14(13)23-3/h4,7-9,12H,5-6H2,1-3H3,(H,18,22)/t9-/m1/s1. The van der Waals surface area contributed by atoms with Crippen LogP contribution in [0.2, 0.25) is 5.02 Å². The van der Waals surface area contributed by atoms with E-state index < -0.39 is 0 Å². The summed E-state index contributed by atoms with van der Waals surface area (Å²) in [6.45, 7) is 3.79. The van der Waals surface area contributed by atoms with Crippen molar-refractivity contribution in [2.24, 2.45) is 0 Å². The van der Waals surface area contributed by atoms with Gasteiger partial charge in [-0.1, -0.05) is 23.4 Å². The number of ether oxygens (including phenoxy) is 1. The lowest BCUT2D eigenvalue weighted by Gasteiger charge is -2.14. The van der Waals surface area contributed by atoms with Crippen LogP contribution in [0.25, 0.3) is 0 Å². The first-order chi connectivity index (χ1) is 11.5. The fourth-order valence-corrected chi connectivity index (χ4v) is 3.54. The average Bonchev–Trinajstić information content (AvgIpc) is 3.32. The normalized spacial score (nSPS) is 15.2. The number of anilines is 1. The summed E-state index contributed by atoms with van der Waals surface area (Å²) in [5.41, 5.74) is 0.558. The molecule has 0 aliphatic heterocycles. The van der Waals surface area contributed by atoms with Crippen LogP contribution in [-0.4, -0.2) is 33.0 Å². The third kappa shape index (κ3) is 3.67. The molecule has 8 heteroatoms. The number of halogens is 1. The zero-order chi connectivity index (χ0) is 17.3. The Kier molecular flexibility index (Phi) is 5.01. The molecule has 1 heterocycles. The van der Waals surface area contributed by atoms with Crippen molar-refractivity contribution in [1.82, 2.24) is 14.8 Å². The summed E-state index contributed by atoms with van der Waals surface area (Å²) in [5.74, 6) is 1.33. The lowest BCUT2D eigenvalue weighted by molar-refractivity contribution is -0.115. The average molecular weight is 367 g/mol. The Hall–Kier alpha value is -1.73. The van der Waals surface area contributed by atoms with Gasteiger partial charge in [-0.3, -0.25) is 4.79 Å². The number of aryl methyl sites for hydroxylation is 1. The SMILES string of the molecule is COc1ccc(Cl)cc1NC(=O)[C@@H](C)Sc1nnc(C)n1C1CC1. The topological polar surface area (TPSA) is 69.0 Å². The molecule has 24 heavy (non-hydrogen) atoms. The van der Waals surface area contributed by atoms with Gasteiger partial charge in [0.05, 0.1) is 18.0 Å². The van der Waals surface area contributed by atoms with E-state index in [1.54, 1.807) is 25.3 Å². The highest BCUT2D eigenvalue weighted by Gasteiger charge is 2.30. The summed E-state index contributed by atoms with van der Waals surface area (Å²) < 4.78 is 7.37. The van der Waals surface area contributed by atoms with E-state index >= 15 is 0 Å². The van der Waals surface area contributed by atoms with Gasteiger partial charge in [0.2, 0.25) is 5.91 Å². The summed E-state index contributed by atoms with van der Waals surface area (Å²) in [5, 5.41) is 12.2. The van der Waals surface area contributed by atoms with Crippen molar-refractivity contribution in [1.29, 1.82) is 0 Å². The molecule has 6 nitrogen and oxygen atoms in total. The number of amides is 1. The van der Waals surface area contributed by atoms with Gasteiger partial charge in [0, 0.05) is 11.1 Å². The number of carbonyl (C=O) groups excluding carboxylic acids is 1. The van der Waals surface area contributed by atoms with Gasteiger partial charge in [-0.2, -0.15) is 0 Å². The maximum absolute atomic E-state index is 12.5. The van der Waals surface area contributed by atoms with Crippen molar-refractivity contribution < 1.29 is 9.53 Å². The van der Waals surface area contributed by atoms with Crippen LogP contribution in [0.1, 0.15) is 31.6 Å². The van der Waals surface area contributed by atoms with E-state index in [0.717, 1.165) is 23.8 Å². The van der Waals surface area contributed by atoms with Crippen LogP contribution in [0.3, 0.4) is 0 Å².